The van der Waals surface area contributed by atoms with Gasteiger partial charge < -0.3 is 9.80 Å². The number of hydrogen-bond donors (Lipinski definition) is 0. The predicted octanol–water partition coefficient (Wildman–Crippen LogP) is 4.73. The molecule has 4 nitrogen and oxygen atoms in total. The second kappa shape index (κ2) is 7.17. The van der Waals surface area contributed by atoms with Crippen molar-refractivity contribution < 1.29 is 17.6 Å². The number of fused-ring (bicyclic) bond motifs is 1. The van der Waals surface area contributed by atoms with E-state index < -0.39 is 12.0 Å². The minimum atomic E-state index is -4.63. The third-order valence-corrected chi connectivity index (χ3v) is 5.14. The van der Waals surface area contributed by atoms with E-state index in [2.05, 4.69) is 9.97 Å². The lowest BCUT2D eigenvalue weighted by atomic mass is 10.1. The van der Waals surface area contributed by atoms with E-state index in [9.17, 15) is 17.6 Å². The van der Waals surface area contributed by atoms with Crippen LogP contribution in [-0.2, 0) is 6.18 Å². The minimum Gasteiger partial charge on any atom is -0.366 e. The molecule has 0 bridgehead atoms. The second-order valence-electron chi connectivity index (χ2n) is 7.27. The van der Waals surface area contributed by atoms with Gasteiger partial charge in [-0.1, -0.05) is 18.2 Å². The number of alkyl halides is 3. The van der Waals surface area contributed by atoms with E-state index in [1.165, 1.54) is 6.07 Å². The monoisotopic (exact) mass is 404 g/mol. The normalized spacial score (nSPS) is 15.2. The molecule has 4 rings (SSSR count). The number of piperazine rings is 1. The fourth-order valence-electron chi connectivity index (χ4n) is 3.81. The molecule has 0 unspecified atom stereocenters. The van der Waals surface area contributed by atoms with Crippen molar-refractivity contribution in [2.75, 3.05) is 36.0 Å². The molecule has 0 N–H and O–H groups in total. The van der Waals surface area contributed by atoms with Gasteiger partial charge in [0, 0.05) is 31.6 Å². The third-order valence-electron chi connectivity index (χ3n) is 5.14. The first kappa shape index (κ1) is 19.4. The van der Waals surface area contributed by atoms with Crippen molar-refractivity contribution in [2.45, 2.75) is 20.0 Å². The fraction of sp³-hybridized carbons (Fsp3) is 0.333. The van der Waals surface area contributed by atoms with Crippen molar-refractivity contribution in [3.05, 3.63) is 59.2 Å². The summed E-state index contributed by atoms with van der Waals surface area (Å²) in [7, 11) is 0. The maximum atomic E-state index is 14.1. The Labute approximate surface area is 165 Å². The van der Waals surface area contributed by atoms with E-state index in [-0.39, 0.29) is 11.6 Å². The first-order valence-electron chi connectivity index (χ1n) is 9.34. The molecule has 0 aliphatic carbocycles. The zero-order valence-corrected chi connectivity index (χ0v) is 16.1. The summed E-state index contributed by atoms with van der Waals surface area (Å²) in [4.78, 5) is 11.4. The van der Waals surface area contributed by atoms with Gasteiger partial charge in [-0.15, -0.1) is 0 Å². The number of hydrogen-bond acceptors (Lipinski definition) is 4. The molecule has 0 radical (unpaired) electrons. The Morgan fingerprint density at radius 3 is 2.21 bits per heavy atom. The highest BCUT2D eigenvalue weighted by Crippen LogP contribution is 2.34. The molecule has 152 valence electrons. The Balaban J connectivity index is 1.71. The van der Waals surface area contributed by atoms with Gasteiger partial charge in [-0.25, -0.2) is 14.4 Å². The maximum Gasteiger partial charge on any atom is 0.451 e. The van der Waals surface area contributed by atoms with Crippen LogP contribution in [0.3, 0.4) is 0 Å². The van der Waals surface area contributed by atoms with Crippen LogP contribution in [0.25, 0.3) is 10.9 Å². The number of nitrogens with zero attached hydrogens (tertiary/aromatic N) is 4. The van der Waals surface area contributed by atoms with Gasteiger partial charge in [0.15, 0.2) is 0 Å². The van der Waals surface area contributed by atoms with Crippen molar-refractivity contribution >= 4 is 22.4 Å². The lowest BCUT2D eigenvalue weighted by Crippen LogP contribution is -2.47. The summed E-state index contributed by atoms with van der Waals surface area (Å²) in [6.07, 6.45) is -4.63. The second-order valence-corrected chi connectivity index (χ2v) is 7.27. The van der Waals surface area contributed by atoms with Crippen LogP contribution in [0.15, 0.2) is 36.4 Å². The molecule has 2 heterocycles. The number of aromatic nitrogens is 2. The molecular weight excluding hydrogens is 384 g/mol. The molecule has 0 amide bonds. The molecule has 1 aliphatic heterocycles. The van der Waals surface area contributed by atoms with Gasteiger partial charge in [0.05, 0.1) is 11.2 Å². The summed E-state index contributed by atoms with van der Waals surface area (Å²) < 4.78 is 54.3. The highest BCUT2D eigenvalue weighted by Gasteiger charge is 2.36. The van der Waals surface area contributed by atoms with Crippen molar-refractivity contribution in [1.29, 1.82) is 0 Å². The lowest BCUT2D eigenvalue weighted by Gasteiger charge is -2.37. The summed E-state index contributed by atoms with van der Waals surface area (Å²) in [6, 6.07) is 10.1. The largest absolute Gasteiger partial charge is 0.451 e. The summed E-state index contributed by atoms with van der Waals surface area (Å²) in [5.74, 6) is -1.16. The molecule has 1 aliphatic rings. The molecule has 0 saturated carbocycles. The summed E-state index contributed by atoms with van der Waals surface area (Å²) >= 11 is 0. The van der Waals surface area contributed by atoms with Crippen molar-refractivity contribution in [3.8, 4) is 0 Å². The van der Waals surface area contributed by atoms with Crippen LogP contribution in [0.4, 0.5) is 29.1 Å². The first-order chi connectivity index (χ1) is 13.7. The van der Waals surface area contributed by atoms with E-state index >= 15 is 0 Å². The Hall–Kier alpha value is -2.90. The van der Waals surface area contributed by atoms with E-state index in [1.54, 1.807) is 25.1 Å². The highest BCUT2D eigenvalue weighted by molar-refractivity contribution is 5.92. The maximum absolute atomic E-state index is 14.1. The van der Waals surface area contributed by atoms with Gasteiger partial charge in [0.2, 0.25) is 5.82 Å². The zero-order chi connectivity index (χ0) is 20.8. The Morgan fingerprint density at radius 1 is 0.897 bits per heavy atom. The molecular formula is C21H20F4N4. The molecule has 2 aromatic carbocycles. The summed E-state index contributed by atoms with van der Waals surface area (Å²) in [5, 5.41) is 0.606. The van der Waals surface area contributed by atoms with E-state index in [4.69, 9.17) is 0 Å². The van der Waals surface area contributed by atoms with Crippen LogP contribution in [0.1, 0.15) is 17.0 Å². The van der Waals surface area contributed by atoms with Crippen LogP contribution in [0, 0.1) is 19.7 Å². The van der Waals surface area contributed by atoms with Gasteiger partial charge in [-0.05, 0) is 43.2 Å². The van der Waals surface area contributed by atoms with Crippen molar-refractivity contribution in [2.24, 2.45) is 0 Å². The number of para-hydroxylation sites is 1. The minimum absolute atomic E-state index is 0.280. The van der Waals surface area contributed by atoms with Crippen molar-refractivity contribution in [3.63, 3.8) is 0 Å². The van der Waals surface area contributed by atoms with E-state index in [1.807, 2.05) is 28.9 Å². The molecule has 1 fully saturated rings. The first-order valence-corrected chi connectivity index (χ1v) is 9.34. The molecule has 0 spiro atoms. The molecule has 1 aromatic heterocycles. The van der Waals surface area contributed by atoms with Gasteiger partial charge >= 0.3 is 6.18 Å². The number of anilines is 2. The number of aryl methyl sites for hydroxylation is 2. The standard InChI is InChI=1S/C21H20F4N4/c1-13-11-14(2)18-15(12-13)19(27-20(26-18)21(23,24)25)29-9-7-28(8-10-29)17-6-4-3-5-16(17)22/h3-6,11-12H,7-10H2,1-2H3. The lowest BCUT2D eigenvalue weighted by molar-refractivity contribution is -0.144. The third kappa shape index (κ3) is 3.71. The summed E-state index contributed by atoms with van der Waals surface area (Å²) in [6.45, 7) is 5.49. The molecule has 0 atom stereocenters. The molecule has 1 saturated heterocycles. The van der Waals surface area contributed by atoms with Gasteiger partial charge in [0.1, 0.15) is 11.6 Å². The topological polar surface area (TPSA) is 32.3 Å². The zero-order valence-electron chi connectivity index (χ0n) is 16.1. The van der Waals surface area contributed by atoms with E-state index in [0.29, 0.717) is 48.3 Å². The fourth-order valence-corrected chi connectivity index (χ4v) is 3.81. The summed E-state index contributed by atoms with van der Waals surface area (Å²) in [5.41, 5.74) is 2.43. The smallest absolute Gasteiger partial charge is 0.366 e. The number of rotatable bonds is 2. The van der Waals surface area contributed by atoms with Gasteiger partial charge in [-0.3, -0.25) is 0 Å². The SMILES string of the molecule is Cc1cc(C)c2nc(C(F)(F)F)nc(N3CCN(c4ccccc4F)CC3)c2c1. The Bertz CT molecular complexity index is 1060. The molecule has 8 heteroatoms. The Kier molecular flexibility index (Phi) is 4.80. The van der Waals surface area contributed by atoms with Crippen LogP contribution in [0.5, 0.6) is 0 Å². The molecule has 29 heavy (non-hydrogen) atoms. The van der Waals surface area contributed by atoms with Crippen LogP contribution in [0.2, 0.25) is 0 Å². The van der Waals surface area contributed by atoms with Crippen LogP contribution >= 0.6 is 0 Å². The average Bonchev–Trinajstić information content (AvgIpc) is 2.67. The number of benzene rings is 2. The van der Waals surface area contributed by atoms with Crippen LogP contribution in [-0.4, -0.2) is 36.1 Å². The predicted molar refractivity (Wildman–Crippen MR) is 105 cm³/mol. The Morgan fingerprint density at radius 2 is 1.55 bits per heavy atom. The average molecular weight is 404 g/mol. The highest BCUT2D eigenvalue weighted by atomic mass is 19.4. The van der Waals surface area contributed by atoms with E-state index in [0.717, 1.165) is 5.56 Å². The number of halogens is 4. The van der Waals surface area contributed by atoms with Gasteiger partial charge in [0.25, 0.3) is 0 Å². The quantitative estimate of drug-likeness (QED) is 0.578. The van der Waals surface area contributed by atoms with Crippen LogP contribution < -0.4 is 9.80 Å². The molecule has 3 aromatic rings. The van der Waals surface area contributed by atoms with Gasteiger partial charge in [-0.2, -0.15) is 13.2 Å². The van der Waals surface area contributed by atoms with Crippen molar-refractivity contribution in [1.82, 2.24) is 9.97 Å².